The Labute approximate surface area is 122 Å². The zero-order chi connectivity index (χ0) is 14.7. The summed E-state index contributed by atoms with van der Waals surface area (Å²) in [6.45, 7) is 2.01. The average Bonchev–Trinajstić information content (AvgIpc) is 2.52. The van der Waals surface area contributed by atoms with Crippen LogP contribution in [0.4, 0.5) is 15.8 Å². The van der Waals surface area contributed by atoms with Crippen LogP contribution in [-0.2, 0) is 6.54 Å². The highest BCUT2D eigenvalue weighted by Crippen LogP contribution is 2.25. The van der Waals surface area contributed by atoms with Gasteiger partial charge in [-0.25, -0.2) is 4.39 Å². The zero-order valence-electron chi connectivity index (χ0n) is 11.4. The highest BCUT2D eigenvalue weighted by molar-refractivity contribution is 5.96. The lowest BCUT2D eigenvalue weighted by atomic mass is 10.1. The fraction of sp³-hybridized carbons (Fsp3) is 0.188. The van der Waals surface area contributed by atoms with E-state index in [0.717, 1.165) is 30.0 Å². The number of amides is 1. The maximum Gasteiger partial charge on any atom is 0.251 e. The summed E-state index contributed by atoms with van der Waals surface area (Å²) < 4.78 is 13.1. The van der Waals surface area contributed by atoms with Crippen LogP contribution < -0.4 is 16.0 Å². The normalized spacial score (nSPS) is 12.8. The Balaban J connectivity index is 1.68. The Kier molecular flexibility index (Phi) is 3.73. The molecule has 108 valence electrons. The van der Waals surface area contributed by atoms with Crippen LogP contribution in [0.25, 0.3) is 0 Å². The van der Waals surface area contributed by atoms with Gasteiger partial charge in [-0.2, -0.15) is 0 Å². The number of carbonyl (C=O) groups excluding carboxylic acids is 1. The van der Waals surface area contributed by atoms with Gasteiger partial charge < -0.3 is 16.0 Å². The maximum atomic E-state index is 13.1. The molecule has 0 bridgehead atoms. The van der Waals surface area contributed by atoms with Gasteiger partial charge in [-0.15, -0.1) is 0 Å². The molecule has 1 amide bonds. The minimum absolute atomic E-state index is 0.172. The van der Waals surface area contributed by atoms with Crippen molar-refractivity contribution in [3.05, 3.63) is 59.4 Å². The summed E-state index contributed by atoms with van der Waals surface area (Å²) in [4.78, 5) is 12.1. The van der Waals surface area contributed by atoms with E-state index in [1.807, 2.05) is 12.1 Å². The molecule has 0 fully saturated rings. The summed E-state index contributed by atoms with van der Waals surface area (Å²) >= 11 is 0. The monoisotopic (exact) mass is 285 g/mol. The van der Waals surface area contributed by atoms with Crippen LogP contribution in [0.1, 0.15) is 15.9 Å². The third-order valence-corrected chi connectivity index (χ3v) is 3.38. The molecule has 0 aliphatic carbocycles. The van der Waals surface area contributed by atoms with E-state index in [1.165, 1.54) is 12.1 Å². The van der Waals surface area contributed by atoms with Crippen molar-refractivity contribution in [2.45, 2.75) is 6.54 Å². The highest BCUT2D eigenvalue weighted by Gasteiger charge is 2.11. The molecular formula is C16H16FN3O. The van der Waals surface area contributed by atoms with Crippen LogP contribution >= 0.6 is 0 Å². The van der Waals surface area contributed by atoms with E-state index in [-0.39, 0.29) is 11.7 Å². The van der Waals surface area contributed by atoms with Crippen LogP contribution in [0.5, 0.6) is 0 Å². The summed E-state index contributed by atoms with van der Waals surface area (Å²) in [5.74, 6) is -0.472. The molecule has 0 unspecified atom stereocenters. The number of halogens is 1. The molecule has 0 saturated carbocycles. The number of fused-ring (bicyclic) bond motifs is 1. The van der Waals surface area contributed by atoms with Gasteiger partial charge in [-0.05, 0) is 35.9 Å². The largest absolute Gasteiger partial charge is 0.382 e. The van der Waals surface area contributed by atoms with Gasteiger partial charge in [0, 0.05) is 25.2 Å². The number of nitrogens with one attached hydrogen (secondary N) is 3. The van der Waals surface area contributed by atoms with Gasteiger partial charge in [-0.1, -0.05) is 12.1 Å². The van der Waals surface area contributed by atoms with Gasteiger partial charge in [0.25, 0.3) is 5.91 Å². The molecule has 1 aliphatic rings. The van der Waals surface area contributed by atoms with Gasteiger partial charge in [0.2, 0.25) is 0 Å². The molecule has 0 aromatic heterocycles. The van der Waals surface area contributed by atoms with E-state index in [4.69, 9.17) is 0 Å². The van der Waals surface area contributed by atoms with Gasteiger partial charge in [-0.3, -0.25) is 4.79 Å². The predicted molar refractivity (Wildman–Crippen MR) is 81.0 cm³/mol. The first-order chi connectivity index (χ1) is 10.2. The summed E-state index contributed by atoms with van der Waals surface area (Å²) in [7, 11) is 0. The third-order valence-electron chi connectivity index (χ3n) is 3.38. The summed E-state index contributed by atoms with van der Waals surface area (Å²) in [6.07, 6.45) is 0. The molecule has 1 heterocycles. The lowest BCUT2D eigenvalue weighted by Crippen LogP contribution is -2.24. The number of benzene rings is 2. The molecule has 2 aromatic rings. The second kappa shape index (κ2) is 5.83. The van der Waals surface area contributed by atoms with Crippen LogP contribution in [0, 0.1) is 5.82 Å². The van der Waals surface area contributed by atoms with Crippen molar-refractivity contribution in [2.75, 3.05) is 23.7 Å². The fourth-order valence-corrected chi connectivity index (χ4v) is 2.31. The smallest absolute Gasteiger partial charge is 0.251 e. The number of carbonyl (C=O) groups is 1. The predicted octanol–water partition coefficient (Wildman–Crippen LogP) is 2.59. The van der Waals surface area contributed by atoms with Crippen molar-refractivity contribution in [2.24, 2.45) is 0 Å². The second-order valence-corrected chi connectivity index (χ2v) is 4.93. The van der Waals surface area contributed by atoms with E-state index < -0.39 is 0 Å². The van der Waals surface area contributed by atoms with Crippen LogP contribution in [0.3, 0.4) is 0 Å². The first-order valence-electron chi connectivity index (χ1n) is 6.87. The van der Waals surface area contributed by atoms with E-state index in [0.29, 0.717) is 12.1 Å². The first-order valence-corrected chi connectivity index (χ1v) is 6.87. The minimum atomic E-state index is -0.300. The molecule has 21 heavy (non-hydrogen) atoms. The van der Waals surface area contributed by atoms with Crippen molar-refractivity contribution < 1.29 is 9.18 Å². The van der Waals surface area contributed by atoms with Crippen molar-refractivity contribution in [1.29, 1.82) is 0 Å². The highest BCUT2D eigenvalue weighted by atomic mass is 19.1. The van der Waals surface area contributed by atoms with Gasteiger partial charge >= 0.3 is 0 Å². The topological polar surface area (TPSA) is 53.2 Å². The van der Waals surface area contributed by atoms with Crippen LogP contribution in [0.2, 0.25) is 0 Å². The summed E-state index contributed by atoms with van der Waals surface area (Å²) in [5.41, 5.74) is 3.25. The van der Waals surface area contributed by atoms with Gasteiger partial charge in [0.05, 0.1) is 11.4 Å². The second-order valence-electron chi connectivity index (χ2n) is 4.93. The van der Waals surface area contributed by atoms with E-state index in [9.17, 15) is 9.18 Å². The first kappa shape index (κ1) is 13.4. The molecule has 1 aliphatic heterocycles. The van der Waals surface area contributed by atoms with E-state index >= 15 is 0 Å². The lowest BCUT2D eigenvalue weighted by Gasteiger charge is -2.20. The standard InChI is InChI=1S/C16H16FN3O/c17-13-3-1-2-11(8-13)10-20-16(21)12-4-5-14-15(9-12)19-7-6-18-14/h1-5,8-9,18-19H,6-7,10H2,(H,20,21). The lowest BCUT2D eigenvalue weighted by molar-refractivity contribution is 0.0951. The Morgan fingerprint density at radius 3 is 2.71 bits per heavy atom. The molecule has 3 N–H and O–H groups in total. The van der Waals surface area contributed by atoms with Crippen LogP contribution in [-0.4, -0.2) is 19.0 Å². The molecule has 0 spiro atoms. The quantitative estimate of drug-likeness (QED) is 0.812. The van der Waals surface area contributed by atoms with Crippen molar-refractivity contribution in [1.82, 2.24) is 5.32 Å². The summed E-state index contributed by atoms with van der Waals surface area (Å²) in [5, 5.41) is 9.30. The molecule has 4 nitrogen and oxygen atoms in total. The number of hydrogen-bond donors (Lipinski definition) is 3. The maximum absolute atomic E-state index is 13.1. The SMILES string of the molecule is O=C(NCc1cccc(F)c1)c1ccc2c(c1)NCCN2. The molecule has 5 heteroatoms. The molecule has 3 rings (SSSR count). The van der Waals surface area contributed by atoms with Crippen molar-refractivity contribution in [3.63, 3.8) is 0 Å². The van der Waals surface area contributed by atoms with Crippen molar-refractivity contribution in [3.8, 4) is 0 Å². The average molecular weight is 285 g/mol. The Morgan fingerprint density at radius 1 is 1.10 bits per heavy atom. The summed E-state index contributed by atoms with van der Waals surface area (Å²) in [6, 6.07) is 11.7. The fourth-order valence-electron chi connectivity index (χ4n) is 2.31. The van der Waals surface area contributed by atoms with E-state index in [2.05, 4.69) is 16.0 Å². The number of rotatable bonds is 3. The molecule has 0 saturated heterocycles. The molecular weight excluding hydrogens is 269 g/mol. The Hall–Kier alpha value is -2.56. The Morgan fingerprint density at radius 2 is 1.90 bits per heavy atom. The number of hydrogen-bond acceptors (Lipinski definition) is 3. The molecule has 0 radical (unpaired) electrons. The molecule has 0 atom stereocenters. The van der Waals surface area contributed by atoms with Crippen LogP contribution in [0.15, 0.2) is 42.5 Å². The number of anilines is 2. The zero-order valence-corrected chi connectivity index (χ0v) is 11.4. The van der Waals surface area contributed by atoms with Crippen molar-refractivity contribution >= 4 is 17.3 Å². The third kappa shape index (κ3) is 3.13. The Bertz CT molecular complexity index is 672. The van der Waals surface area contributed by atoms with Gasteiger partial charge in [0.15, 0.2) is 0 Å². The van der Waals surface area contributed by atoms with Gasteiger partial charge in [0.1, 0.15) is 5.82 Å². The molecule has 2 aromatic carbocycles. The minimum Gasteiger partial charge on any atom is -0.382 e. The van der Waals surface area contributed by atoms with E-state index in [1.54, 1.807) is 18.2 Å².